The molecular formula is C32H31ClF3N7OS. The molecule has 0 aliphatic carbocycles. The second kappa shape index (κ2) is 10.9. The third kappa shape index (κ3) is 4.61. The summed E-state index contributed by atoms with van der Waals surface area (Å²) in [5, 5.41) is 14.3. The van der Waals surface area contributed by atoms with Crippen molar-refractivity contribution in [2.45, 2.75) is 49.9 Å². The number of anilines is 2. The molecule has 2 aromatic heterocycles. The smallest absolute Gasteiger partial charge is 0.319 e. The first kappa shape index (κ1) is 29.1. The molecule has 2 aromatic carbocycles. The van der Waals surface area contributed by atoms with Gasteiger partial charge in [-0.25, -0.2) is 13.2 Å². The maximum absolute atomic E-state index is 16.9. The summed E-state index contributed by atoms with van der Waals surface area (Å²) < 4.78 is 52.6. The maximum atomic E-state index is 16.9. The van der Waals surface area contributed by atoms with Gasteiger partial charge in [0.15, 0.2) is 5.82 Å². The van der Waals surface area contributed by atoms with Crippen LogP contribution in [0.4, 0.5) is 24.0 Å². The van der Waals surface area contributed by atoms with E-state index in [0.717, 1.165) is 56.7 Å². The van der Waals surface area contributed by atoms with Crippen LogP contribution in [0.2, 0.25) is 5.02 Å². The molecule has 4 atom stereocenters. The molecule has 8 rings (SSSR count). The lowest BCUT2D eigenvalue weighted by Gasteiger charge is -2.31. The minimum Gasteiger partial charge on any atom is -0.461 e. The quantitative estimate of drug-likeness (QED) is 0.269. The number of nitrogens with two attached hydrogens (primary N) is 1. The molecule has 4 aromatic rings. The lowest BCUT2D eigenvalue weighted by molar-refractivity contribution is 0.107. The second-order valence-corrected chi connectivity index (χ2v) is 14.2. The van der Waals surface area contributed by atoms with Crippen LogP contribution in [-0.2, 0) is 0 Å². The number of fused-ring (bicyclic) bond motifs is 4. The molecule has 0 amide bonds. The number of ether oxygens (including phenoxy) is 1. The minimum absolute atomic E-state index is 0.00647. The normalized spacial score (nSPS) is 26.5. The van der Waals surface area contributed by atoms with Crippen molar-refractivity contribution in [2.75, 3.05) is 50.0 Å². The number of nitrogen functional groups attached to an aromatic ring is 1. The van der Waals surface area contributed by atoms with Gasteiger partial charge in [-0.05, 0) is 62.4 Å². The van der Waals surface area contributed by atoms with Crippen molar-refractivity contribution in [3.8, 4) is 23.2 Å². The van der Waals surface area contributed by atoms with Crippen molar-refractivity contribution in [3.63, 3.8) is 0 Å². The summed E-state index contributed by atoms with van der Waals surface area (Å²) in [7, 11) is 0. The highest BCUT2D eigenvalue weighted by molar-refractivity contribution is 7.23. The summed E-state index contributed by atoms with van der Waals surface area (Å²) in [6, 6.07) is 6.62. The van der Waals surface area contributed by atoms with Gasteiger partial charge in [0.2, 0.25) is 0 Å². The number of alkyl halides is 1. The molecule has 0 radical (unpaired) electrons. The first-order valence-electron chi connectivity index (χ1n) is 15.4. The van der Waals surface area contributed by atoms with Crippen molar-refractivity contribution in [1.29, 1.82) is 5.26 Å². The van der Waals surface area contributed by atoms with Crippen molar-refractivity contribution in [3.05, 3.63) is 40.4 Å². The number of thiophene rings is 1. The standard InChI is InChI=1S/C32H31ClF3N7OS/c33-21-9-19-27(26(36)25(21)18-4-5-22(35)28-24(18)20(11-37)29(38)45-28)40-31(44-15-32-6-2-8-43(32)13-17(34)10-32)41-30(19)42-12-16-3-1-7-39-23(16)14-42/h4-5,9,16-17,23,39H,1-3,6-8,10,12-15,38H2/t16?,17-,23?,32+/m1/s1. The molecule has 3 N–H and O–H groups in total. The third-order valence-electron chi connectivity index (χ3n) is 10.2. The summed E-state index contributed by atoms with van der Waals surface area (Å²) in [6.07, 6.45) is 3.43. The number of hydrogen-bond donors (Lipinski definition) is 2. The van der Waals surface area contributed by atoms with Gasteiger partial charge in [0.1, 0.15) is 41.0 Å². The first-order valence-corrected chi connectivity index (χ1v) is 16.6. The topological polar surface area (TPSA) is 103 Å². The van der Waals surface area contributed by atoms with Crippen LogP contribution in [0.3, 0.4) is 0 Å². The van der Waals surface area contributed by atoms with E-state index in [1.165, 1.54) is 12.1 Å². The molecule has 0 spiro atoms. The van der Waals surface area contributed by atoms with Crippen LogP contribution >= 0.6 is 22.9 Å². The molecule has 8 nitrogen and oxygen atoms in total. The highest BCUT2D eigenvalue weighted by Gasteiger charge is 2.49. The average Bonchev–Trinajstić information content (AvgIpc) is 3.77. The van der Waals surface area contributed by atoms with E-state index >= 15 is 4.39 Å². The minimum atomic E-state index is -0.915. The zero-order chi connectivity index (χ0) is 31.0. The highest BCUT2D eigenvalue weighted by atomic mass is 35.5. The molecule has 4 saturated heterocycles. The Hall–Kier alpha value is -3.37. The third-order valence-corrected chi connectivity index (χ3v) is 11.5. The van der Waals surface area contributed by atoms with Gasteiger partial charge in [0.25, 0.3) is 0 Å². The lowest BCUT2D eigenvalue weighted by Crippen LogP contribution is -2.43. The number of piperidine rings is 1. The van der Waals surface area contributed by atoms with Crippen LogP contribution in [0.5, 0.6) is 6.01 Å². The number of halogens is 4. The van der Waals surface area contributed by atoms with Gasteiger partial charge < -0.3 is 20.7 Å². The molecule has 0 saturated carbocycles. The summed E-state index contributed by atoms with van der Waals surface area (Å²) in [6.45, 7) is 3.79. The van der Waals surface area contributed by atoms with Crippen LogP contribution in [0, 0.1) is 28.9 Å². The Morgan fingerprint density at radius 2 is 2.09 bits per heavy atom. The molecule has 4 aliphatic rings. The predicted molar refractivity (Wildman–Crippen MR) is 170 cm³/mol. The van der Waals surface area contributed by atoms with Gasteiger partial charge in [-0.3, -0.25) is 4.90 Å². The second-order valence-electron chi connectivity index (χ2n) is 12.8. The summed E-state index contributed by atoms with van der Waals surface area (Å²) >= 11 is 7.78. The SMILES string of the molecule is N#Cc1c(N)sc2c(F)ccc(-c3c(Cl)cc4c(N5CC6CCCNC6C5)nc(OC[C@@]56CCCN5C[C@H](F)C6)nc4c3F)c12. The van der Waals surface area contributed by atoms with Gasteiger partial charge in [-0.15, -0.1) is 11.3 Å². The zero-order valence-electron chi connectivity index (χ0n) is 24.4. The molecule has 4 fully saturated rings. The molecular weight excluding hydrogens is 623 g/mol. The van der Waals surface area contributed by atoms with E-state index in [2.05, 4.69) is 20.1 Å². The van der Waals surface area contributed by atoms with E-state index in [1.807, 2.05) is 6.07 Å². The van der Waals surface area contributed by atoms with Gasteiger partial charge in [0.05, 0.1) is 20.8 Å². The monoisotopic (exact) mass is 653 g/mol. The number of hydrogen-bond acceptors (Lipinski definition) is 9. The molecule has 2 unspecified atom stereocenters. The van der Waals surface area contributed by atoms with E-state index in [-0.39, 0.29) is 54.9 Å². The number of aromatic nitrogens is 2. The number of nitrogens with one attached hydrogen (secondary N) is 1. The van der Waals surface area contributed by atoms with Crippen molar-refractivity contribution in [2.24, 2.45) is 5.92 Å². The Bertz CT molecular complexity index is 1880. The van der Waals surface area contributed by atoms with E-state index in [0.29, 0.717) is 42.7 Å². The van der Waals surface area contributed by atoms with E-state index in [4.69, 9.17) is 27.1 Å². The molecule has 13 heteroatoms. The van der Waals surface area contributed by atoms with Crippen LogP contribution in [0.1, 0.15) is 37.7 Å². The van der Waals surface area contributed by atoms with Crippen molar-refractivity contribution < 1.29 is 17.9 Å². The number of nitrogens with zero attached hydrogens (tertiary/aromatic N) is 5. The number of nitriles is 1. The molecule has 6 heterocycles. The van der Waals surface area contributed by atoms with Crippen LogP contribution in [0.15, 0.2) is 18.2 Å². The van der Waals surface area contributed by atoms with E-state index in [1.54, 1.807) is 6.07 Å². The first-order chi connectivity index (χ1) is 21.8. The predicted octanol–water partition coefficient (Wildman–Crippen LogP) is 6.04. The van der Waals surface area contributed by atoms with Crippen molar-refractivity contribution >= 4 is 54.7 Å². The van der Waals surface area contributed by atoms with Gasteiger partial charge >= 0.3 is 6.01 Å². The van der Waals surface area contributed by atoms with E-state index in [9.17, 15) is 14.0 Å². The Labute approximate surface area is 266 Å². The summed E-state index contributed by atoms with van der Waals surface area (Å²) in [5.74, 6) is -0.334. The number of rotatable bonds is 5. The Morgan fingerprint density at radius 1 is 1.22 bits per heavy atom. The fourth-order valence-corrected chi connectivity index (χ4v) is 9.33. The average molecular weight is 654 g/mol. The van der Waals surface area contributed by atoms with Crippen molar-refractivity contribution in [1.82, 2.24) is 20.2 Å². The highest BCUT2D eigenvalue weighted by Crippen LogP contribution is 2.46. The van der Waals surface area contributed by atoms with E-state index < -0.39 is 23.3 Å². The number of benzene rings is 2. The zero-order valence-corrected chi connectivity index (χ0v) is 26.0. The Morgan fingerprint density at radius 3 is 2.91 bits per heavy atom. The maximum Gasteiger partial charge on any atom is 0.319 e. The molecule has 4 aliphatic heterocycles. The van der Waals surface area contributed by atoms with Crippen LogP contribution < -0.4 is 20.7 Å². The lowest BCUT2D eigenvalue weighted by atomic mass is 9.94. The van der Waals surface area contributed by atoms with Crippen LogP contribution in [-0.4, -0.2) is 72.0 Å². The fourth-order valence-electron chi connectivity index (χ4n) is 8.09. The summed E-state index contributed by atoms with van der Waals surface area (Å²) in [4.78, 5) is 13.7. The molecule has 234 valence electrons. The van der Waals surface area contributed by atoms with Gasteiger partial charge in [-0.2, -0.15) is 15.2 Å². The fraction of sp³-hybridized carbons (Fsp3) is 0.469. The molecule has 0 bridgehead atoms. The largest absolute Gasteiger partial charge is 0.461 e. The summed E-state index contributed by atoms with van der Waals surface area (Å²) in [5.41, 5.74) is 5.95. The Kier molecular flexibility index (Phi) is 7.02. The van der Waals surface area contributed by atoms with Gasteiger partial charge in [-0.1, -0.05) is 17.7 Å². The van der Waals surface area contributed by atoms with Gasteiger partial charge in [0, 0.05) is 48.4 Å². The Balaban J connectivity index is 1.28. The molecule has 45 heavy (non-hydrogen) atoms. The van der Waals surface area contributed by atoms with Crippen LogP contribution in [0.25, 0.3) is 32.1 Å².